The first kappa shape index (κ1) is 15.2. The summed E-state index contributed by atoms with van der Waals surface area (Å²) in [6.07, 6.45) is 0. The summed E-state index contributed by atoms with van der Waals surface area (Å²) in [5.74, 6) is 0.373. The lowest BCUT2D eigenvalue weighted by Gasteiger charge is -2.10. The summed E-state index contributed by atoms with van der Waals surface area (Å²) in [6, 6.07) is 13.4. The number of fused-ring (bicyclic) bond motifs is 1. The van der Waals surface area contributed by atoms with E-state index in [-0.39, 0.29) is 0 Å². The zero-order chi connectivity index (χ0) is 16.4. The van der Waals surface area contributed by atoms with Gasteiger partial charge in [-0.3, -0.25) is 0 Å². The largest absolute Gasteiger partial charge is 0.493 e. The number of benzene rings is 2. The van der Waals surface area contributed by atoms with Crippen molar-refractivity contribution >= 4 is 27.5 Å². The summed E-state index contributed by atoms with van der Waals surface area (Å²) in [6.45, 7) is 5.17. The van der Waals surface area contributed by atoms with Crippen LogP contribution in [0.15, 0.2) is 54.6 Å². The van der Waals surface area contributed by atoms with Gasteiger partial charge >= 0.3 is 5.97 Å². The number of methoxy groups -OCH3 is 1. The smallest absolute Gasteiger partial charge is 0.338 e. The van der Waals surface area contributed by atoms with Crippen molar-refractivity contribution in [3.63, 3.8) is 0 Å². The Morgan fingerprint density at radius 1 is 1.17 bits per heavy atom. The highest BCUT2D eigenvalue weighted by molar-refractivity contribution is 7.21. The number of thiazole rings is 1. The van der Waals surface area contributed by atoms with Crippen molar-refractivity contribution in [2.75, 3.05) is 7.11 Å². The summed E-state index contributed by atoms with van der Waals surface area (Å²) in [5.41, 5.74) is 2.21. The number of aromatic nitrogens is 1. The van der Waals surface area contributed by atoms with Crippen LogP contribution in [0.1, 0.15) is 6.92 Å². The fourth-order valence-corrected chi connectivity index (χ4v) is 3.03. The van der Waals surface area contributed by atoms with Gasteiger partial charge in [-0.2, -0.15) is 0 Å². The number of rotatable bonds is 4. The second-order valence-corrected chi connectivity index (χ2v) is 6.05. The van der Waals surface area contributed by atoms with Gasteiger partial charge in [0, 0.05) is 11.1 Å². The molecule has 0 aliphatic rings. The van der Waals surface area contributed by atoms with Gasteiger partial charge in [0.1, 0.15) is 5.01 Å². The van der Waals surface area contributed by atoms with Crippen LogP contribution in [0.3, 0.4) is 0 Å². The van der Waals surface area contributed by atoms with Gasteiger partial charge in [0.15, 0.2) is 11.5 Å². The lowest BCUT2D eigenvalue weighted by atomic mass is 10.2. The number of para-hydroxylation sites is 1. The molecule has 23 heavy (non-hydrogen) atoms. The maximum absolute atomic E-state index is 11.7. The Morgan fingerprint density at radius 2 is 1.96 bits per heavy atom. The quantitative estimate of drug-likeness (QED) is 0.404. The van der Waals surface area contributed by atoms with Crippen molar-refractivity contribution in [3.05, 3.63) is 54.6 Å². The van der Waals surface area contributed by atoms with E-state index in [0.717, 1.165) is 20.8 Å². The van der Waals surface area contributed by atoms with E-state index in [1.165, 1.54) is 7.11 Å². The van der Waals surface area contributed by atoms with E-state index in [2.05, 4.69) is 11.6 Å². The first-order valence-electron chi connectivity index (χ1n) is 7.00. The molecule has 5 heteroatoms. The zero-order valence-electron chi connectivity index (χ0n) is 12.8. The lowest BCUT2D eigenvalue weighted by molar-refractivity contribution is -0.130. The molecule has 0 saturated heterocycles. The molecule has 0 aliphatic carbocycles. The average Bonchev–Trinajstić information content (AvgIpc) is 2.99. The SMILES string of the molecule is C=C(C)C(=O)Oc1ccc(-c2nc3ccccc3s2)cc1OC. The van der Waals surface area contributed by atoms with Crippen LogP contribution >= 0.6 is 11.3 Å². The van der Waals surface area contributed by atoms with Gasteiger partial charge in [0.05, 0.1) is 17.3 Å². The lowest BCUT2D eigenvalue weighted by Crippen LogP contribution is -2.09. The van der Waals surface area contributed by atoms with E-state index in [1.54, 1.807) is 24.3 Å². The molecule has 0 aliphatic heterocycles. The molecule has 0 amide bonds. The molecule has 0 fully saturated rings. The zero-order valence-corrected chi connectivity index (χ0v) is 13.6. The Bertz CT molecular complexity index is 865. The molecular formula is C18H15NO3S. The molecule has 0 bridgehead atoms. The summed E-state index contributed by atoms with van der Waals surface area (Å²) < 4.78 is 11.7. The fourth-order valence-electron chi connectivity index (χ4n) is 2.07. The van der Waals surface area contributed by atoms with Gasteiger partial charge in [0.2, 0.25) is 0 Å². The minimum Gasteiger partial charge on any atom is -0.493 e. The molecule has 116 valence electrons. The molecule has 3 rings (SSSR count). The molecule has 0 atom stereocenters. The fraction of sp³-hybridized carbons (Fsp3) is 0.111. The number of hydrogen-bond acceptors (Lipinski definition) is 5. The molecule has 3 aromatic rings. The topological polar surface area (TPSA) is 48.4 Å². The molecule has 0 spiro atoms. The minimum atomic E-state index is -0.476. The molecule has 0 radical (unpaired) electrons. The van der Waals surface area contributed by atoms with Crippen molar-refractivity contribution in [2.45, 2.75) is 6.92 Å². The van der Waals surface area contributed by atoms with Gasteiger partial charge in [-0.25, -0.2) is 9.78 Å². The molecule has 0 N–H and O–H groups in total. The van der Waals surface area contributed by atoms with Gasteiger partial charge in [-0.05, 0) is 37.3 Å². The van der Waals surface area contributed by atoms with Crippen LogP contribution in [-0.4, -0.2) is 18.1 Å². The highest BCUT2D eigenvalue weighted by Crippen LogP contribution is 2.36. The maximum Gasteiger partial charge on any atom is 0.338 e. The number of carbonyl (C=O) groups is 1. The number of nitrogens with zero attached hydrogens (tertiary/aromatic N) is 1. The molecule has 2 aromatic carbocycles. The highest BCUT2D eigenvalue weighted by atomic mass is 32.1. The Morgan fingerprint density at radius 3 is 2.65 bits per heavy atom. The van der Waals surface area contributed by atoms with Crippen molar-refractivity contribution in [2.24, 2.45) is 0 Å². The maximum atomic E-state index is 11.7. The third-order valence-corrected chi connectivity index (χ3v) is 4.34. The van der Waals surface area contributed by atoms with E-state index >= 15 is 0 Å². The average molecular weight is 325 g/mol. The van der Waals surface area contributed by atoms with Crippen molar-refractivity contribution in [1.82, 2.24) is 4.98 Å². The van der Waals surface area contributed by atoms with E-state index in [1.807, 2.05) is 36.4 Å². The Kier molecular flexibility index (Phi) is 4.12. The van der Waals surface area contributed by atoms with Crippen LogP contribution in [0.25, 0.3) is 20.8 Å². The monoisotopic (exact) mass is 325 g/mol. The van der Waals surface area contributed by atoms with E-state index in [9.17, 15) is 4.79 Å². The normalized spacial score (nSPS) is 10.5. The van der Waals surface area contributed by atoms with Crippen LogP contribution in [0.4, 0.5) is 0 Å². The van der Waals surface area contributed by atoms with Crippen LogP contribution in [0.2, 0.25) is 0 Å². The Hall–Kier alpha value is -2.66. The summed E-state index contributed by atoms with van der Waals surface area (Å²) in [5, 5.41) is 0.891. The molecule has 4 nitrogen and oxygen atoms in total. The molecular weight excluding hydrogens is 310 g/mol. The predicted octanol–water partition coefficient (Wildman–Crippen LogP) is 4.45. The third-order valence-electron chi connectivity index (χ3n) is 3.26. The van der Waals surface area contributed by atoms with Gasteiger partial charge in [-0.15, -0.1) is 11.3 Å². The second kappa shape index (κ2) is 6.22. The van der Waals surface area contributed by atoms with Gasteiger partial charge in [-0.1, -0.05) is 18.7 Å². The first-order valence-corrected chi connectivity index (χ1v) is 7.82. The molecule has 0 unspecified atom stereocenters. The van der Waals surface area contributed by atoms with E-state index in [4.69, 9.17) is 9.47 Å². The number of esters is 1. The summed E-state index contributed by atoms with van der Waals surface area (Å²) in [4.78, 5) is 16.3. The van der Waals surface area contributed by atoms with Gasteiger partial charge < -0.3 is 9.47 Å². The second-order valence-electron chi connectivity index (χ2n) is 5.02. The first-order chi connectivity index (χ1) is 11.1. The molecule has 0 saturated carbocycles. The van der Waals surface area contributed by atoms with E-state index in [0.29, 0.717) is 17.1 Å². The third kappa shape index (κ3) is 3.10. The van der Waals surface area contributed by atoms with Crippen molar-refractivity contribution < 1.29 is 14.3 Å². The standard InChI is InChI=1S/C18H15NO3S/c1-11(2)18(20)22-14-9-8-12(10-15(14)21-3)17-19-13-6-4-5-7-16(13)23-17/h4-10H,1H2,2-3H3. The summed E-state index contributed by atoms with van der Waals surface area (Å²) in [7, 11) is 1.54. The van der Waals surface area contributed by atoms with Gasteiger partial charge in [0.25, 0.3) is 0 Å². The molecule has 1 aromatic heterocycles. The van der Waals surface area contributed by atoms with E-state index < -0.39 is 5.97 Å². The Balaban J connectivity index is 1.98. The van der Waals surface area contributed by atoms with Crippen LogP contribution < -0.4 is 9.47 Å². The van der Waals surface area contributed by atoms with Crippen LogP contribution in [0, 0.1) is 0 Å². The van der Waals surface area contributed by atoms with Crippen LogP contribution in [-0.2, 0) is 4.79 Å². The van der Waals surface area contributed by atoms with Crippen molar-refractivity contribution in [1.29, 1.82) is 0 Å². The van der Waals surface area contributed by atoms with Crippen LogP contribution in [0.5, 0.6) is 11.5 Å². The number of carbonyl (C=O) groups excluding carboxylic acids is 1. The predicted molar refractivity (Wildman–Crippen MR) is 92.1 cm³/mol. The summed E-state index contributed by atoms with van der Waals surface area (Å²) >= 11 is 1.61. The molecule has 1 heterocycles. The number of hydrogen-bond donors (Lipinski definition) is 0. The minimum absolute atomic E-state index is 0.335. The Labute approximate surface area is 138 Å². The highest BCUT2D eigenvalue weighted by Gasteiger charge is 2.13. The van der Waals surface area contributed by atoms with Crippen molar-refractivity contribution in [3.8, 4) is 22.1 Å². The number of ether oxygens (including phenoxy) is 2.